The molecule has 2 aromatic rings. The lowest BCUT2D eigenvalue weighted by atomic mass is 10.1. The molecule has 0 radical (unpaired) electrons. The van der Waals surface area contributed by atoms with Gasteiger partial charge in [0.25, 0.3) is 0 Å². The Labute approximate surface area is 143 Å². The van der Waals surface area contributed by atoms with Crippen molar-refractivity contribution in [2.24, 2.45) is 11.7 Å². The minimum atomic E-state index is -0.534. The zero-order valence-corrected chi connectivity index (χ0v) is 14.7. The van der Waals surface area contributed by atoms with Crippen LogP contribution in [0.3, 0.4) is 0 Å². The van der Waals surface area contributed by atoms with Gasteiger partial charge in [0.05, 0.1) is 11.7 Å². The van der Waals surface area contributed by atoms with Gasteiger partial charge in [0.2, 0.25) is 5.91 Å². The van der Waals surface area contributed by atoms with Crippen LogP contribution in [0.1, 0.15) is 13.8 Å². The molecule has 0 fully saturated rings. The smallest absolute Gasteiger partial charge is 0.242 e. The number of nitrogens with two attached hydrogens (primary N) is 1. The highest BCUT2D eigenvalue weighted by Gasteiger charge is 2.18. The maximum absolute atomic E-state index is 11.9. The molecule has 0 unspecified atom stereocenters. The van der Waals surface area contributed by atoms with Crippen LogP contribution in [0.2, 0.25) is 0 Å². The van der Waals surface area contributed by atoms with E-state index >= 15 is 0 Å². The summed E-state index contributed by atoms with van der Waals surface area (Å²) in [5.41, 5.74) is 7.67. The number of aromatic nitrogens is 2. The lowest BCUT2D eigenvalue weighted by Gasteiger charge is -2.13. The van der Waals surface area contributed by atoms with Gasteiger partial charge >= 0.3 is 0 Å². The molecule has 7 heteroatoms. The normalized spacial score (nSPS) is 11.9. The van der Waals surface area contributed by atoms with E-state index in [1.54, 1.807) is 6.07 Å². The number of carbonyl (C=O) groups excluding carboxylic acids is 1. The number of aromatic amines is 1. The molecule has 5 nitrogen and oxygen atoms in total. The molecule has 0 saturated carbocycles. The van der Waals surface area contributed by atoms with Gasteiger partial charge in [-0.2, -0.15) is 5.10 Å². The number of rotatable bonds is 4. The summed E-state index contributed by atoms with van der Waals surface area (Å²) >= 11 is 2.25. The second-order valence-corrected chi connectivity index (χ2v) is 6.18. The molecule has 1 heterocycles. The van der Waals surface area contributed by atoms with Crippen LogP contribution in [0.4, 0.5) is 5.82 Å². The third-order valence-corrected chi connectivity index (χ3v) is 3.72. The van der Waals surface area contributed by atoms with Gasteiger partial charge in [-0.05, 0) is 46.2 Å². The van der Waals surface area contributed by atoms with Crippen molar-refractivity contribution in [2.75, 3.05) is 5.32 Å². The first-order valence-electron chi connectivity index (χ1n) is 6.35. The minimum Gasteiger partial charge on any atom is -0.320 e. The van der Waals surface area contributed by atoms with E-state index in [-0.39, 0.29) is 24.2 Å². The summed E-state index contributed by atoms with van der Waals surface area (Å²) in [5.74, 6) is 0.352. The third kappa shape index (κ3) is 4.69. The first-order valence-corrected chi connectivity index (χ1v) is 7.43. The highest BCUT2D eigenvalue weighted by molar-refractivity contribution is 14.1. The lowest BCUT2D eigenvalue weighted by Crippen LogP contribution is -2.39. The summed E-state index contributed by atoms with van der Waals surface area (Å²) in [4.78, 5) is 11.9. The molecule has 0 aliphatic carbocycles. The molecule has 0 spiro atoms. The van der Waals surface area contributed by atoms with Crippen LogP contribution < -0.4 is 11.1 Å². The number of amides is 1. The first-order chi connectivity index (χ1) is 9.47. The number of hydrogen-bond donors (Lipinski definition) is 3. The van der Waals surface area contributed by atoms with Crippen LogP contribution in [0.5, 0.6) is 0 Å². The molecule has 0 aliphatic rings. The molecule has 1 amide bonds. The predicted octanol–water partition coefficient (Wildman–Crippen LogP) is 3.02. The number of anilines is 1. The van der Waals surface area contributed by atoms with Gasteiger partial charge in [0, 0.05) is 9.64 Å². The number of nitrogens with one attached hydrogen (secondary N) is 2. The standard InChI is InChI=1S/C14H17IN4O.ClH/c1-8(2)13(16)14(20)17-12-7-11(18-19-12)9-3-5-10(15)6-4-9;/h3-8,13H,16H2,1-2H3,(H2,17,18,19,20);1H/t13-;/m0./s1. The van der Waals surface area contributed by atoms with Crippen LogP contribution in [0.25, 0.3) is 11.3 Å². The van der Waals surface area contributed by atoms with Crippen LogP contribution in [-0.2, 0) is 4.79 Å². The Balaban J connectivity index is 0.00000220. The molecule has 1 aromatic heterocycles. The van der Waals surface area contributed by atoms with Crippen LogP contribution in [0.15, 0.2) is 30.3 Å². The maximum Gasteiger partial charge on any atom is 0.242 e. The average Bonchev–Trinajstić information content (AvgIpc) is 2.87. The van der Waals surface area contributed by atoms with Gasteiger partial charge in [-0.25, -0.2) is 0 Å². The Hall–Kier alpha value is -1.12. The number of nitrogens with zero attached hydrogens (tertiary/aromatic N) is 1. The lowest BCUT2D eigenvalue weighted by molar-refractivity contribution is -0.118. The van der Waals surface area contributed by atoms with Crippen LogP contribution in [-0.4, -0.2) is 22.1 Å². The molecule has 0 bridgehead atoms. The SMILES string of the molecule is CC(C)[C@H](N)C(=O)Nc1cc(-c2ccc(I)cc2)[nH]n1.Cl. The van der Waals surface area contributed by atoms with E-state index in [1.165, 1.54) is 3.57 Å². The molecule has 0 saturated heterocycles. The van der Waals surface area contributed by atoms with Crippen molar-refractivity contribution in [2.45, 2.75) is 19.9 Å². The van der Waals surface area contributed by atoms with Crippen molar-refractivity contribution in [1.29, 1.82) is 0 Å². The molecule has 1 aromatic carbocycles. The van der Waals surface area contributed by atoms with Crippen LogP contribution >= 0.6 is 35.0 Å². The van der Waals surface area contributed by atoms with Crippen molar-refractivity contribution < 1.29 is 4.79 Å². The number of benzene rings is 1. The molecule has 2 rings (SSSR count). The fraction of sp³-hybridized carbons (Fsp3) is 0.286. The monoisotopic (exact) mass is 420 g/mol. The van der Waals surface area contributed by atoms with E-state index in [0.717, 1.165) is 11.3 Å². The Kier molecular flexibility index (Phi) is 6.63. The van der Waals surface area contributed by atoms with E-state index in [0.29, 0.717) is 5.82 Å². The number of halogens is 2. The van der Waals surface area contributed by atoms with Gasteiger partial charge in [0.1, 0.15) is 0 Å². The summed E-state index contributed by atoms with van der Waals surface area (Å²) in [6.07, 6.45) is 0. The predicted molar refractivity (Wildman–Crippen MR) is 95.4 cm³/mol. The fourth-order valence-corrected chi connectivity index (χ4v) is 2.03. The van der Waals surface area contributed by atoms with Gasteiger partial charge in [-0.15, -0.1) is 12.4 Å². The van der Waals surface area contributed by atoms with E-state index in [9.17, 15) is 4.79 Å². The van der Waals surface area contributed by atoms with E-state index < -0.39 is 6.04 Å². The first kappa shape index (κ1) is 17.9. The van der Waals surface area contributed by atoms with E-state index in [1.807, 2.05) is 38.1 Å². The maximum atomic E-state index is 11.9. The largest absolute Gasteiger partial charge is 0.320 e. The molecule has 1 atom stereocenters. The average molecular weight is 421 g/mol. The summed E-state index contributed by atoms with van der Waals surface area (Å²) < 4.78 is 1.17. The Morgan fingerprint density at radius 2 is 1.95 bits per heavy atom. The summed E-state index contributed by atoms with van der Waals surface area (Å²) in [7, 11) is 0. The van der Waals surface area contributed by atoms with Crippen molar-refractivity contribution >= 4 is 46.7 Å². The highest BCUT2D eigenvalue weighted by Crippen LogP contribution is 2.20. The minimum absolute atomic E-state index is 0. The Morgan fingerprint density at radius 3 is 2.52 bits per heavy atom. The summed E-state index contributed by atoms with van der Waals surface area (Å²) in [6, 6.07) is 9.30. The zero-order chi connectivity index (χ0) is 14.7. The second kappa shape index (κ2) is 7.77. The second-order valence-electron chi connectivity index (χ2n) is 4.93. The number of carbonyl (C=O) groups is 1. The van der Waals surface area contributed by atoms with Gasteiger partial charge in [-0.3, -0.25) is 9.89 Å². The highest BCUT2D eigenvalue weighted by atomic mass is 127. The van der Waals surface area contributed by atoms with Crippen molar-refractivity contribution in [1.82, 2.24) is 10.2 Å². The molecular formula is C14H18ClIN4O. The van der Waals surface area contributed by atoms with E-state index in [2.05, 4.69) is 38.1 Å². The topological polar surface area (TPSA) is 83.8 Å². The van der Waals surface area contributed by atoms with Gasteiger partial charge < -0.3 is 11.1 Å². The Bertz CT molecular complexity index is 597. The van der Waals surface area contributed by atoms with Crippen molar-refractivity contribution in [3.63, 3.8) is 0 Å². The van der Waals surface area contributed by atoms with Crippen molar-refractivity contribution in [3.05, 3.63) is 33.9 Å². The van der Waals surface area contributed by atoms with Gasteiger partial charge in [-0.1, -0.05) is 26.0 Å². The zero-order valence-electron chi connectivity index (χ0n) is 11.8. The molecule has 4 N–H and O–H groups in total. The number of hydrogen-bond acceptors (Lipinski definition) is 3. The third-order valence-electron chi connectivity index (χ3n) is 3.01. The van der Waals surface area contributed by atoms with Crippen LogP contribution in [0, 0.1) is 9.49 Å². The van der Waals surface area contributed by atoms with Gasteiger partial charge in [0.15, 0.2) is 5.82 Å². The number of H-pyrrole nitrogens is 1. The van der Waals surface area contributed by atoms with Crippen molar-refractivity contribution in [3.8, 4) is 11.3 Å². The summed E-state index contributed by atoms with van der Waals surface area (Å²) in [5, 5.41) is 9.71. The molecular weight excluding hydrogens is 403 g/mol. The van der Waals surface area contributed by atoms with E-state index in [4.69, 9.17) is 5.73 Å². The summed E-state index contributed by atoms with van der Waals surface area (Å²) in [6.45, 7) is 3.82. The molecule has 21 heavy (non-hydrogen) atoms. The molecule has 0 aliphatic heterocycles. The Morgan fingerprint density at radius 1 is 1.33 bits per heavy atom. The quantitative estimate of drug-likeness (QED) is 0.665. The fourth-order valence-electron chi connectivity index (χ4n) is 1.68. The molecule has 114 valence electrons.